The Bertz CT molecular complexity index is 1390. The van der Waals surface area contributed by atoms with Crippen LogP contribution in [0.25, 0.3) is 11.5 Å². The van der Waals surface area contributed by atoms with E-state index in [2.05, 4.69) is 30.1 Å². The van der Waals surface area contributed by atoms with E-state index in [-0.39, 0.29) is 17.7 Å². The minimum Gasteiger partial charge on any atom is -0.493 e. The Balaban J connectivity index is 1.32. The van der Waals surface area contributed by atoms with Gasteiger partial charge in [0.05, 0.1) is 14.2 Å². The summed E-state index contributed by atoms with van der Waals surface area (Å²) >= 11 is 0. The highest BCUT2D eigenvalue weighted by Gasteiger charge is 2.29. The van der Waals surface area contributed by atoms with E-state index < -0.39 is 0 Å². The fourth-order valence-corrected chi connectivity index (χ4v) is 5.13. The molecule has 4 aromatic rings. The zero-order valence-corrected chi connectivity index (χ0v) is 22.1. The number of hydrogen-bond donors (Lipinski definition) is 0. The lowest BCUT2D eigenvalue weighted by atomic mass is 9.87. The molecule has 1 aliphatic heterocycles. The molecule has 0 saturated carbocycles. The molecule has 0 bridgehead atoms. The Kier molecular flexibility index (Phi) is 7.40. The fraction of sp³-hybridized carbons (Fsp3) is 0.333. The first-order valence-corrected chi connectivity index (χ1v) is 12.8. The minimum atomic E-state index is -0.0847. The summed E-state index contributed by atoms with van der Waals surface area (Å²) in [6, 6.07) is 17.3. The van der Waals surface area contributed by atoms with E-state index in [1.165, 1.54) is 5.56 Å². The normalized spacial score (nSPS) is 16.0. The van der Waals surface area contributed by atoms with Crippen LogP contribution in [-0.2, 0) is 0 Å². The fourth-order valence-electron chi connectivity index (χ4n) is 5.13. The van der Waals surface area contributed by atoms with Gasteiger partial charge in [-0.3, -0.25) is 9.78 Å². The average Bonchev–Trinajstić information content (AvgIpc) is 3.64. The van der Waals surface area contributed by atoms with Crippen LogP contribution in [0.1, 0.15) is 59.4 Å². The van der Waals surface area contributed by atoms with Crippen molar-refractivity contribution in [3.8, 4) is 23.0 Å². The van der Waals surface area contributed by atoms with Crippen LogP contribution >= 0.6 is 0 Å². The van der Waals surface area contributed by atoms with E-state index in [1.54, 1.807) is 20.4 Å². The Morgan fingerprint density at radius 2 is 1.84 bits per heavy atom. The SMILES string of the molecule is COc1ccc(-c2nc(C(c3ccc(C(=O)N4CCC(c5cccnc5)C4)cc3)C(C)C)no2)cc1OC. The number of carbonyl (C=O) groups is 1. The van der Waals surface area contributed by atoms with Crippen LogP contribution in [0.5, 0.6) is 11.5 Å². The average molecular weight is 513 g/mol. The van der Waals surface area contributed by atoms with E-state index >= 15 is 0 Å². The molecule has 2 aromatic heterocycles. The van der Waals surface area contributed by atoms with Crippen molar-refractivity contribution in [2.24, 2.45) is 5.92 Å². The Labute approximate surface area is 222 Å². The maximum absolute atomic E-state index is 13.2. The summed E-state index contributed by atoms with van der Waals surface area (Å²) in [4.78, 5) is 24.1. The second-order valence-electron chi connectivity index (χ2n) is 9.89. The number of ether oxygens (including phenoxy) is 2. The molecule has 1 aliphatic rings. The van der Waals surface area contributed by atoms with Gasteiger partial charge in [0, 0.05) is 48.4 Å². The molecule has 1 saturated heterocycles. The standard InChI is InChI=1S/C30H32N4O4/c1-19(2)27(28-32-29(38-33-28)22-11-12-25(36-3)26(16-22)37-4)20-7-9-21(10-8-20)30(35)34-15-13-24(18-34)23-6-5-14-31-17-23/h5-12,14,16-17,19,24,27H,13,15,18H2,1-4H3. The molecule has 2 unspecified atom stereocenters. The predicted octanol–water partition coefficient (Wildman–Crippen LogP) is 5.57. The van der Waals surface area contributed by atoms with Crippen molar-refractivity contribution in [2.45, 2.75) is 32.1 Å². The Hall–Kier alpha value is -4.20. The number of likely N-dealkylation sites (tertiary alicyclic amines) is 1. The monoisotopic (exact) mass is 512 g/mol. The van der Waals surface area contributed by atoms with Gasteiger partial charge in [0.25, 0.3) is 11.8 Å². The van der Waals surface area contributed by atoms with Gasteiger partial charge >= 0.3 is 0 Å². The summed E-state index contributed by atoms with van der Waals surface area (Å²) in [5.41, 5.74) is 3.65. The lowest BCUT2D eigenvalue weighted by Gasteiger charge is -2.19. The van der Waals surface area contributed by atoms with Crippen molar-refractivity contribution < 1.29 is 18.8 Å². The van der Waals surface area contributed by atoms with Gasteiger partial charge in [0.15, 0.2) is 17.3 Å². The Morgan fingerprint density at radius 3 is 2.53 bits per heavy atom. The number of benzene rings is 2. The number of carbonyl (C=O) groups excluding carboxylic acids is 1. The quantitative estimate of drug-likeness (QED) is 0.305. The van der Waals surface area contributed by atoms with Crippen LogP contribution in [0.2, 0.25) is 0 Å². The lowest BCUT2D eigenvalue weighted by Crippen LogP contribution is -2.28. The molecule has 2 atom stereocenters. The molecule has 8 nitrogen and oxygen atoms in total. The molecular formula is C30H32N4O4. The summed E-state index contributed by atoms with van der Waals surface area (Å²) in [6.45, 7) is 5.71. The van der Waals surface area contributed by atoms with Crippen molar-refractivity contribution in [3.63, 3.8) is 0 Å². The molecule has 3 heterocycles. The van der Waals surface area contributed by atoms with Gasteiger partial charge in [-0.05, 0) is 59.9 Å². The molecule has 196 valence electrons. The van der Waals surface area contributed by atoms with Crippen molar-refractivity contribution in [1.29, 1.82) is 0 Å². The number of amides is 1. The number of methoxy groups -OCH3 is 2. The second-order valence-corrected chi connectivity index (χ2v) is 9.89. The van der Waals surface area contributed by atoms with Crippen LogP contribution in [0.4, 0.5) is 0 Å². The molecule has 0 aliphatic carbocycles. The summed E-state index contributed by atoms with van der Waals surface area (Å²) in [5.74, 6) is 2.75. The zero-order valence-electron chi connectivity index (χ0n) is 22.1. The molecule has 0 spiro atoms. The molecule has 38 heavy (non-hydrogen) atoms. The van der Waals surface area contributed by atoms with Crippen LogP contribution in [0.3, 0.4) is 0 Å². The first-order valence-electron chi connectivity index (χ1n) is 12.8. The highest BCUT2D eigenvalue weighted by atomic mass is 16.5. The first kappa shape index (κ1) is 25.4. The molecule has 8 heteroatoms. The van der Waals surface area contributed by atoms with Crippen molar-refractivity contribution in [2.75, 3.05) is 27.3 Å². The largest absolute Gasteiger partial charge is 0.493 e. The van der Waals surface area contributed by atoms with E-state index in [1.807, 2.05) is 59.6 Å². The lowest BCUT2D eigenvalue weighted by molar-refractivity contribution is 0.0790. The van der Waals surface area contributed by atoms with Crippen molar-refractivity contribution in [1.82, 2.24) is 20.0 Å². The van der Waals surface area contributed by atoms with E-state index in [4.69, 9.17) is 19.0 Å². The third-order valence-electron chi connectivity index (χ3n) is 7.17. The van der Waals surface area contributed by atoms with Gasteiger partial charge in [-0.15, -0.1) is 0 Å². The van der Waals surface area contributed by atoms with Crippen molar-refractivity contribution >= 4 is 5.91 Å². The smallest absolute Gasteiger partial charge is 0.258 e. The maximum atomic E-state index is 13.2. The van der Waals surface area contributed by atoms with Crippen LogP contribution in [0.15, 0.2) is 71.5 Å². The van der Waals surface area contributed by atoms with Gasteiger partial charge in [-0.1, -0.05) is 37.2 Å². The molecule has 0 radical (unpaired) electrons. The molecule has 5 rings (SSSR count). The highest BCUT2D eigenvalue weighted by Crippen LogP contribution is 2.35. The number of hydrogen-bond acceptors (Lipinski definition) is 7. The second kappa shape index (κ2) is 11.0. The number of nitrogens with zero attached hydrogens (tertiary/aromatic N) is 4. The summed E-state index contributed by atoms with van der Waals surface area (Å²) in [7, 11) is 3.19. The number of aromatic nitrogens is 3. The summed E-state index contributed by atoms with van der Waals surface area (Å²) < 4.78 is 16.4. The van der Waals surface area contributed by atoms with Crippen molar-refractivity contribution in [3.05, 3.63) is 89.5 Å². The minimum absolute atomic E-state index is 0.0549. The van der Waals surface area contributed by atoms with Gasteiger partial charge in [0.2, 0.25) is 0 Å². The molecule has 1 amide bonds. The topological polar surface area (TPSA) is 90.6 Å². The first-order chi connectivity index (χ1) is 18.5. The molecule has 1 fully saturated rings. The highest BCUT2D eigenvalue weighted by molar-refractivity contribution is 5.94. The Morgan fingerprint density at radius 1 is 1.05 bits per heavy atom. The van der Waals surface area contributed by atoms with E-state index in [9.17, 15) is 4.79 Å². The van der Waals surface area contributed by atoms with Gasteiger partial charge < -0.3 is 18.9 Å². The van der Waals surface area contributed by atoms with Gasteiger partial charge in [-0.25, -0.2) is 0 Å². The summed E-state index contributed by atoms with van der Waals surface area (Å²) in [5, 5.41) is 4.31. The summed E-state index contributed by atoms with van der Waals surface area (Å²) in [6.07, 6.45) is 4.62. The van der Waals surface area contributed by atoms with Crippen LogP contribution in [0, 0.1) is 5.92 Å². The van der Waals surface area contributed by atoms with Crippen LogP contribution < -0.4 is 9.47 Å². The number of rotatable bonds is 8. The molecule has 2 aromatic carbocycles. The van der Waals surface area contributed by atoms with Crippen LogP contribution in [-0.4, -0.2) is 53.2 Å². The third kappa shape index (κ3) is 5.11. The molecule has 0 N–H and O–H groups in total. The van der Waals surface area contributed by atoms with E-state index in [0.29, 0.717) is 41.2 Å². The predicted molar refractivity (Wildman–Crippen MR) is 143 cm³/mol. The molecular weight excluding hydrogens is 480 g/mol. The van der Waals surface area contributed by atoms with E-state index in [0.717, 1.165) is 24.1 Å². The third-order valence-corrected chi connectivity index (χ3v) is 7.17. The zero-order chi connectivity index (χ0) is 26.6. The maximum Gasteiger partial charge on any atom is 0.258 e. The number of pyridine rings is 1. The van der Waals surface area contributed by atoms with Gasteiger partial charge in [-0.2, -0.15) is 4.98 Å². The van der Waals surface area contributed by atoms with Gasteiger partial charge in [0.1, 0.15) is 0 Å².